The molecule has 0 aliphatic heterocycles. The van der Waals surface area contributed by atoms with E-state index >= 15 is 0 Å². The van der Waals surface area contributed by atoms with E-state index in [1.807, 2.05) is 14.0 Å². The van der Waals surface area contributed by atoms with E-state index in [1.165, 1.54) is 12.1 Å². The molecule has 0 fully saturated rings. The van der Waals surface area contributed by atoms with Crippen LogP contribution in [0.2, 0.25) is 0 Å². The minimum Gasteiger partial charge on any atom is -0.496 e. The van der Waals surface area contributed by atoms with Crippen LogP contribution >= 0.6 is 0 Å². The quantitative estimate of drug-likeness (QED) is 0.826. The number of benzene rings is 1. The van der Waals surface area contributed by atoms with Crippen molar-refractivity contribution in [3.63, 3.8) is 0 Å². The Labute approximate surface area is 102 Å². The van der Waals surface area contributed by atoms with Gasteiger partial charge in [-0.3, -0.25) is 0 Å². The van der Waals surface area contributed by atoms with Gasteiger partial charge in [-0.15, -0.1) is 0 Å². The summed E-state index contributed by atoms with van der Waals surface area (Å²) in [7, 11) is 3.59. The molecule has 96 valence electrons. The molecule has 0 aromatic heterocycles. The van der Waals surface area contributed by atoms with Gasteiger partial charge in [-0.05, 0) is 45.1 Å². The van der Waals surface area contributed by atoms with Crippen molar-refractivity contribution < 1.29 is 9.13 Å². The first-order valence-corrected chi connectivity index (χ1v) is 5.79. The van der Waals surface area contributed by atoms with Gasteiger partial charge in [-0.25, -0.2) is 4.39 Å². The molecule has 0 heterocycles. The number of halogens is 1. The highest BCUT2D eigenvalue weighted by Gasteiger charge is 2.08. The maximum absolute atomic E-state index is 13.2. The first kappa shape index (κ1) is 13.9. The number of nitrogens with two attached hydrogens (primary N) is 1. The fourth-order valence-electron chi connectivity index (χ4n) is 1.66. The second kappa shape index (κ2) is 6.57. The number of hydrogen-bond donors (Lipinski definition) is 1. The number of nitrogens with zero attached hydrogens (tertiary/aromatic N) is 1. The molecule has 17 heavy (non-hydrogen) atoms. The molecule has 0 aliphatic rings. The molecule has 0 saturated heterocycles. The Kier molecular flexibility index (Phi) is 5.38. The number of hydrogen-bond acceptors (Lipinski definition) is 3. The Balaban J connectivity index is 2.63. The molecule has 1 rings (SSSR count). The van der Waals surface area contributed by atoms with Crippen molar-refractivity contribution in [1.29, 1.82) is 0 Å². The maximum atomic E-state index is 13.2. The lowest BCUT2D eigenvalue weighted by Gasteiger charge is -2.19. The second-order valence-electron chi connectivity index (χ2n) is 4.46. The fourth-order valence-corrected chi connectivity index (χ4v) is 1.66. The summed E-state index contributed by atoms with van der Waals surface area (Å²) in [5, 5.41) is 0. The van der Waals surface area contributed by atoms with Gasteiger partial charge in [0.15, 0.2) is 0 Å². The van der Waals surface area contributed by atoms with E-state index in [0.717, 1.165) is 24.3 Å². The zero-order valence-corrected chi connectivity index (χ0v) is 10.7. The summed E-state index contributed by atoms with van der Waals surface area (Å²) < 4.78 is 18.4. The van der Waals surface area contributed by atoms with Crippen LogP contribution in [-0.4, -0.2) is 31.6 Å². The fraction of sp³-hybridized carbons (Fsp3) is 0.538. The van der Waals surface area contributed by atoms with E-state index in [2.05, 4.69) is 4.90 Å². The third-order valence-corrected chi connectivity index (χ3v) is 2.65. The number of rotatable bonds is 6. The topological polar surface area (TPSA) is 38.5 Å². The molecular weight excluding hydrogens is 219 g/mol. The molecule has 0 radical (unpaired) electrons. The van der Waals surface area contributed by atoms with Gasteiger partial charge in [0.05, 0.1) is 7.11 Å². The highest BCUT2D eigenvalue weighted by molar-refractivity contribution is 5.33. The molecule has 4 heteroatoms. The van der Waals surface area contributed by atoms with Crippen LogP contribution in [0.1, 0.15) is 18.9 Å². The predicted molar refractivity (Wildman–Crippen MR) is 67.6 cm³/mol. The molecule has 0 aliphatic carbocycles. The van der Waals surface area contributed by atoms with Gasteiger partial charge < -0.3 is 15.4 Å². The summed E-state index contributed by atoms with van der Waals surface area (Å²) in [6.45, 7) is 3.53. The largest absolute Gasteiger partial charge is 0.496 e. The van der Waals surface area contributed by atoms with Crippen molar-refractivity contribution in [1.82, 2.24) is 4.90 Å². The number of ether oxygens (including phenoxy) is 1. The summed E-state index contributed by atoms with van der Waals surface area (Å²) in [6.07, 6.45) is 0.925. The molecule has 1 aromatic carbocycles. The summed E-state index contributed by atoms with van der Waals surface area (Å²) >= 11 is 0. The van der Waals surface area contributed by atoms with Gasteiger partial charge in [-0.1, -0.05) is 0 Å². The van der Waals surface area contributed by atoms with Crippen LogP contribution in [0.25, 0.3) is 0 Å². The molecule has 0 saturated carbocycles. The standard InChI is InChI=1S/C13H21FN2O/c1-10(15)6-7-16(2)9-11-8-12(14)4-5-13(11)17-3/h4-5,8,10H,6-7,9,15H2,1-3H3. The first-order chi connectivity index (χ1) is 8.02. The molecule has 2 N–H and O–H groups in total. The highest BCUT2D eigenvalue weighted by Crippen LogP contribution is 2.20. The zero-order valence-electron chi connectivity index (χ0n) is 10.7. The Bertz CT molecular complexity index is 355. The second-order valence-corrected chi connectivity index (χ2v) is 4.46. The third kappa shape index (κ3) is 4.71. The molecule has 3 nitrogen and oxygen atoms in total. The van der Waals surface area contributed by atoms with E-state index in [-0.39, 0.29) is 11.9 Å². The normalized spacial score (nSPS) is 12.8. The van der Waals surface area contributed by atoms with Crippen LogP contribution in [0.15, 0.2) is 18.2 Å². The van der Waals surface area contributed by atoms with E-state index in [4.69, 9.17) is 10.5 Å². The van der Waals surface area contributed by atoms with Crippen molar-refractivity contribution in [2.24, 2.45) is 5.73 Å². The van der Waals surface area contributed by atoms with Crippen LogP contribution in [0, 0.1) is 5.82 Å². The summed E-state index contributed by atoms with van der Waals surface area (Å²) in [5.74, 6) is 0.487. The van der Waals surface area contributed by atoms with E-state index in [1.54, 1.807) is 13.2 Å². The average Bonchev–Trinajstić information content (AvgIpc) is 2.27. The Morgan fingerprint density at radius 3 is 2.76 bits per heavy atom. The SMILES string of the molecule is COc1ccc(F)cc1CN(C)CCC(C)N. The molecule has 0 amide bonds. The summed E-state index contributed by atoms with van der Waals surface area (Å²) in [6, 6.07) is 4.77. The number of methoxy groups -OCH3 is 1. The molecule has 0 spiro atoms. The lowest BCUT2D eigenvalue weighted by atomic mass is 10.1. The Morgan fingerprint density at radius 1 is 1.47 bits per heavy atom. The molecule has 1 aromatic rings. The van der Waals surface area contributed by atoms with Gasteiger partial charge in [-0.2, -0.15) is 0 Å². The van der Waals surface area contributed by atoms with E-state index in [0.29, 0.717) is 6.54 Å². The van der Waals surface area contributed by atoms with Crippen molar-refractivity contribution >= 4 is 0 Å². The molecule has 1 atom stereocenters. The van der Waals surface area contributed by atoms with Crippen molar-refractivity contribution in [3.05, 3.63) is 29.6 Å². The van der Waals surface area contributed by atoms with Crippen LogP contribution in [0.4, 0.5) is 4.39 Å². The molecule has 1 unspecified atom stereocenters. The first-order valence-electron chi connectivity index (χ1n) is 5.79. The van der Waals surface area contributed by atoms with E-state index in [9.17, 15) is 4.39 Å². The smallest absolute Gasteiger partial charge is 0.123 e. The monoisotopic (exact) mass is 240 g/mol. The Hall–Kier alpha value is -1.13. The zero-order chi connectivity index (χ0) is 12.8. The molecular formula is C13H21FN2O. The summed E-state index contributed by atoms with van der Waals surface area (Å²) in [4.78, 5) is 2.11. The minimum absolute atomic E-state index is 0.187. The minimum atomic E-state index is -0.235. The van der Waals surface area contributed by atoms with E-state index < -0.39 is 0 Å². The van der Waals surface area contributed by atoms with Gasteiger partial charge in [0.2, 0.25) is 0 Å². The lowest BCUT2D eigenvalue weighted by Crippen LogP contribution is -2.26. The Morgan fingerprint density at radius 2 is 2.18 bits per heavy atom. The predicted octanol–water partition coefficient (Wildman–Crippen LogP) is 2.00. The van der Waals surface area contributed by atoms with Crippen LogP contribution in [0.3, 0.4) is 0 Å². The van der Waals surface area contributed by atoms with Crippen molar-refractivity contribution in [2.75, 3.05) is 20.7 Å². The van der Waals surface area contributed by atoms with Gasteiger partial charge >= 0.3 is 0 Å². The third-order valence-electron chi connectivity index (χ3n) is 2.65. The lowest BCUT2D eigenvalue weighted by molar-refractivity contribution is 0.305. The van der Waals surface area contributed by atoms with Gasteiger partial charge in [0.1, 0.15) is 11.6 Å². The average molecular weight is 240 g/mol. The van der Waals surface area contributed by atoms with Crippen LogP contribution < -0.4 is 10.5 Å². The molecule has 0 bridgehead atoms. The van der Waals surface area contributed by atoms with Crippen molar-refractivity contribution in [2.45, 2.75) is 25.9 Å². The highest BCUT2D eigenvalue weighted by atomic mass is 19.1. The van der Waals surface area contributed by atoms with Crippen molar-refractivity contribution in [3.8, 4) is 5.75 Å². The summed E-state index contributed by atoms with van der Waals surface area (Å²) in [5.41, 5.74) is 6.56. The maximum Gasteiger partial charge on any atom is 0.123 e. The van der Waals surface area contributed by atoms with Crippen LogP contribution in [-0.2, 0) is 6.54 Å². The van der Waals surface area contributed by atoms with Gasteiger partial charge in [0, 0.05) is 18.2 Å². The van der Waals surface area contributed by atoms with Gasteiger partial charge in [0.25, 0.3) is 0 Å². The van der Waals surface area contributed by atoms with Crippen LogP contribution in [0.5, 0.6) is 5.75 Å².